The second-order valence-corrected chi connectivity index (χ2v) is 5.89. The maximum atomic E-state index is 12.8. The number of rotatable bonds is 6. The Hall–Kier alpha value is -2.51. The second kappa shape index (κ2) is 7.58. The van der Waals surface area contributed by atoms with Gasteiger partial charge in [-0.25, -0.2) is 0 Å². The van der Waals surface area contributed by atoms with Gasteiger partial charge < -0.3 is 10.1 Å². The van der Waals surface area contributed by atoms with E-state index < -0.39 is 23.3 Å². The first kappa shape index (κ1) is 18.8. The van der Waals surface area contributed by atoms with E-state index in [9.17, 15) is 18.0 Å². The van der Waals surface area contributed by atoms with Crippen molar-refractivity contribution in [1.82, 2.24) is 15.1 Å². The number of carbonyl (C=O) groups is 1. The molecule has 25 heavy (non-hydrogen) atoms. The summed E-state index contributed by atoms with van der Waals surface area (Å²) in [6.07, 6.45) is -3.63. The van der Waals surface area contributed by atoms with Crippen LogP contribution in [0, 0.1) is 0 Å². The van der Waals surface area contributed by atoms with Crippen molar-refractivity contribution in [2.45, 2.75) is 25.9 Å². The first-order chi connectivity index (χ1) is 11.7. The zero-order valence-corrected chi connectivity index (χ0v) is 14.2. The molecule has 0 fully saturated rings. The predicted octanol–water partition coefficient (Wildman–Crippen LogP) is 3.37. The van der Waals surface area contributed by atoms with E-state index in [1.807, 2.05) is 24.3 Å². The van der Waals surface area contributed by atoms with Gasteiger partial charge in [0.1, 0.15) is 12.4 Å². The maximum absolute atomic E-state index is 12.8. The summed E-state index contributed by atoms with van der Waals surface area (Å²) < 4.78 is 45.0. The van der Waals surface area contributed by atoms with Crippen LogP contribution < -0.4 is 10.1 Å². The standard InChI is InChI=1S/C17H20F3N3O2/c1-11(2)12-4-6-13(7-5-12)25-9-8-21-16(24)14-10-23(3)22-15(14)17(18,19)20/h4-7,10-11H,8-9H2,1-3H3,(H,21,24). The smallest absolute Gasteiger partial charge is 0.435 e. The summed E-state index contributed by atoms with van der Waals surface area (Å²) in [6.45, 7) is 4.39. The molecule has 0 bridgehead atoms. The fourth-order valence-corrected chi connectivity index (χ4v) is 2.24. The molecule has 0 atom stereocenters. The Labute approximate surface area is 143 Å². The second-order valence-electron chi connectivity index (χ2n) is 5.89. The van der Waals surface area contributed by atoms with Gasteiger partial charge in [0, 0.05) is 13.2 Å². The molecule has 1 N–H and O–H groups in total. The number of amides is 1. The molecule has 0 saturated heterocycles. The number of benzene rings is 1. The zero-order chi connectivity index (χ0) is 18.6. The number of alkyl halides is 3. The molecule has 8 heteroatoms. The lowest BCUT2D eigenvalue weighted by molar-refractivity contribution is -0.141. The van der Waals surface area contributed by atoms with Crippen molar-refractivity contribution < 1.29 is 22.7 Å². The number of hydrogen-bond donors (Lipinski definition) is 1. The molecule has 0 aliphatic carbocycles. The van der Waals surface area contributed by atoms with Crippen LogP contribution in [0.2, 0.25) is 0 Å². The number of hydrogen-bond acceptors (Lipinski definition) is 3. The normalized spacial score (nSPS) is 11.6. The molecule has 5 nitrogen and oxygen atoms in total. The molecule has 136 valence electrons. The van der Waals surface area contributed by atoms with Crippen LogP contribution in [0.1, 0.15) is 41.4 Å². The van der Waals surface area contributed by atoms with Crippen molar-refractivity contribution in [2.24, 2.45) is 7.05 Å². The van der Waals surface area contributed by atoms with Gasteiger partial charge in [-0.15, -0.1) is 0 Å². The topological polar surface area (TPSA) is 56.1 Å². The number of nitrogens with one attached hydrogen (secondary N) is 1. The monoisotopic (exact) mass is 355 g/mol. The fraction of sp³-hybridized carbons (Fsp3) is 0.412. The molecule has 0 saturated carbocycles. The van der Waals surface area contributed by atoms with Gasteiger partial charge in [-0.05, 0) is 23.6 Å². The number of nitrogens with zero attached hydrogens (tertiary/aromatic N) is 2. The summed E-state index contributed by atoms with van der Waals surface area (Å²) in [5.74, 6) is 0.214. The molecule has 1 aromatic heterocycles. The Balaban J connectivity index is 1.87. The molecule has 1 amide bonds. The van der Waals surface area contributed by atoms with Crippen molar-refractivity contribution in [3.63, 3.8) is 0 Å². The van der Waals surface area contributed by atoms with E-state index in [2.05, 4.69) is 24.3 Å². The molecule has 2 aromatic rings. The fourth-order valence-electron chi connectivity index (χ4n) is 2.24. The molecule has 0 radical (unpaired) electrons. The average Bonchev–Trinajstić information content (AvgIpc) is 2.94. The van der Waals surface area contributed by atoms with E-state index in [0.717, 1.165) is 10.9 Å². The zero-order valence-electron chi connectivity index (χ0n) is 14.2. The molecular formula is C17H20F3N3O2. The van der Waals surface area contributed by atoms with Crippen LogP contribution in [-0.4, -0.2) is 28.8 Å². The van der Waals surface area contributed by atoms with Crippen LogP contribution >= 0.6 is 0 Å². The molecule has 0 aliphatic heterocycles. The van der Waals surface area contributed by atoms with Gasteiger partial charge in [0.15, 0.2) is 5.69 Å². The average molecular weight is 355 g/mol. The molecule has 0 spiro atoms. The Morgan fingerprint density at radius 3 is 2.48 bits per heavy atom. The van der Waals surface area contributed by atoms with Gasteiger partial charge in [-0.2, -0.15) is 18.3 Å². The Bertz CT molecular complexity index is 722. The van der Waals surface area contributed by atoms with E-state index >= 15 is 0 Å². The largest absolute Gasteiger partial charge is 0.492 e. The Morgan fingerprint density at radius 1 is 1.28 bits per heavy atom. The Morgan fingerprint density at radius 2 is 1.92 bits per heavy atom. The highest BCUT2D eigenvalue weighted by molar-refractivity contribution is 5.95. The van der Waals surface area contributed by atoms with Crippen LogP contribution in [-0.2, 0) is 13.2 Å². The summed E-state index contributed by atoms with van der Waals surface area (Å²) >= 11 is 0. The summed E-state index contributed by atoms with van der Waals surface area (Å²) in [5, 5.41) is 5.71. The van der Waals surface area contributed by atoms with Crippen molar-refractivity contribution in [3.05, 3.63) is 47.3 Å². The van der Waals surface area contributed by atoms with Crippen molar-refractivity contribution >= 4 is 5.91 Å². The molecule has 0 aliphatic rings. The highest BCUT2D eigenvalue weighted by Crippen LogP contribution is 2.30. The van der Waals surface area contributed by atoms with Gasteiger partial charge in [0.2, 0.25) is 0 Å². The maximum Gasteiger partial charge on any atom is 0.435 e. The quantitative estimate of drug-likeness (QED) is 0.809. The minimum atomic E-state index is -4.68. The van der Waals surface area contributed by atoms with Gasteiger partial charge >= 0.3 is 6.18 Å². The third-order valence-electron chi connectivity index (χ3n) is 3.55. The number of ether oxygens (including phenoxy) is 1. The van der Waals surface area contributed by atoms with Gasteiger partial charge in [0.25, 0.3) is 5.91 Å². The summed E-state index contributed by atoms with van der Waals surface area (Å²) in [4.78, 5) is 11.9. The summed E-state index contributed by atoms with van der Waals surface area (Å²) in [6, 6.07) is 7.54. The van der Waals surface area contributed by atoms with Gasteiger partial charge in [0.05, 0.1) is 12.1 Å². The van der Waals surface area contributed by atoms with Crippen molar-refractivity contribution in [2.75, 3.05) is 13.2 Å². The van der Waals surface area contributed by atoms with Crippen LogP contribution in [0.4, 0.5) is 13.2 Å². The van der Waals surface area contributed by atoms with E-state index in [1.54, 1.807) is 0 Å². The lowest BCUT2D eigenvalue weighted by Crippen LogP contribution is -2.29. The van der Waals surface area contributed by atoms with Crippen LogP contribution in [0.3, 0.4) is 0 Å². The highest BCUT2D eigenvalue weighted by Gasteiger charge is 2.38. The van der Waals surface area contributed by atoms with Crippen LogP contribution in [0.15, 0.2) is 30.5 Å². The predicted molar refractivity (Wildman–Crippen MR) is 86.6 cm³/mol. The minimum absolute atomic E-state index is 0.0803. The lowest BCUT2D eigenvalue weighted by Gasteiger charge is -2.10. The third-order valence-corrected chi connectivity index (χ3v) is 3.55. The third kappa shape index (κ3) is 4.98. The van der Waals surface area contributed by atoms with E-state index in [4.69, 9.17) is 4.74 Å². The van der Waals surface area contributed by atoms with E-state index in [-0.39, 0.29) is 13.2 Å². The Kier molecular flexibility index (Phi) is 5.71. The first-order valence-corrected chi connectivity index (χ1v) is 7.80. The van der Waals surface area contributed by atoms with Crippen molar-refractivity contribution in [3.8, 4) is 5.75 Å². The number of carbonyl (C=O) groups excluding carboxylic acids is 1. The number of aromatic nitrogens is 2. The number of aryl methyl sites for hydroxylation is 1. The lowest BCUT2D eigenvalue weighted by atomic mass is 10.0. The van der Waals surface area contributed by atoms with E-state index in [0.29, 0.717) is 11.7 Å². The van der Waals surface area contributed by atoms with Gasteiger partial charge in [-0.3, -0.25) is 9.48 Å². The SMILES string of the molecule is CC(C)c1ccc(OCCNC(=O)c2cn(C)nc2C(F)(F)F)cc1. The minimum Gasteiger partial charge on any atom is -0.492 e. The molecular weight excluding hydrogens is 335 g/mol. The number of halogens is 3. The highest BCUT2D eigenvalue weighted by atomic mass is 19.4. The summed E-state index contributed by atoms with van der Waals surface area (Å²) in [7, 11) is 1.33. The van der Waals surface area contributed by atoms with E-state index in [1.165, 1.54) is 12.6 Å². The van der Waals surface area contributed by atoms with Crippen LogP contribution in [0.5, 0.6) is 5.75 Å². The first-order valence-electron chi connectivity index (χ1n) is 7.80. The van der Waals surface area contributed by atoms with Gasteiger partial charge in [-0.1, -0.05) is 26.0 Å². The molecule has 0 unspecified atom stereocenters. The summed E-state index contributed by atoms with van der Waals surface area (Å²) in [5.41, 5.74) is -0.522. The van der Waals surface area contributed by atoms with Crippen molar-refractivity contribution in [1.29, 1.82) is 0 Å². The van der Waals surface area contributed by atoms with Crippen LogP contribution in [0.25, 0.3) is 0 Å². The molecule has 1 heterocycles. The molecule has 2 rings (SSSR count). The molecule has 1 aromatic carbocycles.